The van der Waals surface area contributed by atoms with Crippen LogP contribution in [0.25, 0.3) is 0 Å². The number of hydrogen-bond donors (Lipinski definition) is 0. The largest absolute Gasteiger partial charge is 0.292 e. The predicted molar refractivity (Wildman–Crippen MR) is 90.9 cm³/mol. The molecule has 2 aromatic rings. The summed E-state index contributed by atoms with van der Waals surface area (Å²) in [5.74, 6) is 0.101. The number of likely N-dealkylation sites (N-methyl/N-ethyl adjacent to an activating group) is 1. The van der Waals surface area contributed by atoms with E-state index < -0.39 is 0 Å². The molecule has 2 aromatic carbocycles. The molecule has 0 bridgehead atoms. The second-order valence-electron chi connectivity index (χ2n) is 5.09. The lowest BCUT2D eigenvalue weighted by Crippen LogP contribution is -2.35. The van der Waals surface area contributed by atoms with Crippen molar-refractivity contribution in [3.63, 3.8) is 0 Å². The van der Waals surface area contributed by atoms with E-state index in [1.54, 1.807) is 24.3 Å². The third kappa shape index (κ3) is 4.40. The zero-order valence-corrected chi connectivity index (χ0v) is 14.4. The lowest BCUT2D eigenvalue weighted by atomic mass is 10.0. The van der Waals surface area contributed by atoms with Crippen LogP contribution in [0.1, 0.15) is 22.8 Å². The monoisotopic (exact) mass is 365 g/mol. The molecule has 0 aliphatic rings. The molecule has 0 N–H and O–H groups in total. The maximum absolute atomic E-state index is 12.5. The zero-order chi connectivity index (χ0) is 15.4. The van der Waals surface area contributed by atoms with Gasteiger partial charge < -0.3 is 0 Å². The van der Waals surface area contributed by atoms with Crippen LogP contribution in [0.15, 0.2) is 53.0 Å². The molecule has 2 nitrogen and oxygen atoms in total. The highest BCUT2D eigenvalue weighted by atomic mass is 79.9. The van der Waals surface area contributed by atoms with E-state index in [0.29, 0.717) is 10.6 Å². The van der Waals surface area contributed by atoms with Crippen LogP contribution in [-0.2, 0) is 6.54 Å². The summed E-state index contributed by atoms with van der Waals surface area (Å²) in [7, 11) is 1.96. The number of hydrogen-bond acceptors (Lipinski definition) is 2. The van der Waals surface area contributed by atoms with Crippen molar-refractivity contribution >= 4 is 33.3 Å². The normalized spacial score (nSPS) is 12.4. The number of nitrogens with zero attached hydrogens (tertiary/aromatic N) is 1. The van der Waals surface area contributed by atoms with Gasteiger partial charge in [-0.15, -0.1) is 0 Å². The van der Waals surface area contributed by atoms with Gasteiger partial charge in [-0.3, -0.25) is 9.69 Å². The Morgan fingerprint density at radius 1 is 1.24 bits per heavy atom. The molecule has 0 spiro atoms. The Morgan fingerprint density at radius 3 is 2.52 bits per heavy atom. The summed E-state index contributed by atoms with van der Waals surface area (Å²) in [4.78, 5) is 14.5. The molecule has 1 atom stereocenters. The summed E-state index contributed by atoms with van der Waals surface area (Å²) >= 11 is 9.32. The molecular weight excluding hydrogens is 350 g/mol. The molecule has 1 unspecified atom stereocenters. The first kappa shape index (κ1) is 16.2. The Kier molecular flexibility index (Phi) is 5.57. The average Bonchev–Trinajstić information content (AvgIpc) is 2.46. The van der Waals surface area contributed by atoms with Gasteiger partial charge in [-0.05, 0) is 55.9 Å². The highest BCUT2D eigenvalue weighted by Crippen LogP contribution is 2.16. The van der Waals surface area contributed by atoms with E-state index in [9.17, 15) is 4.79 Å². The molecule has 0 amide bonds. The van der Waals surface area contributed by atoms with Crippen LogP contribution in [0, 0.1) is 0 Å². The Morgan fingerprint density at radius 2 is 1.90 bits per heavy atom. The van der Waals surface area contributed by atoms with E-state index in [1.165, 1.54) is 5.56 Å². The van der Waals surface area contributed by atoms with E-state index >= 15 is 0 Å². The van der Waals surface area contributed by atoms with Crippen molar-refractivity contribution in [1.29, 1.82) is 0 Å². The fourth-order valence-corrected chi connectivity index (χ4v) is 2.69. The van der Waals surface area contributed by atoms with Crippen LogP contribution in [0.5, 0.6) is 0 Å². The van der Waals surface area contributed by atoms with Gasteiger partial charge >= 0.3 is 0 Å². The number of benzene rings is 2. The van der Waals surface area contributed by atoms with E-state index in [2.05, 4.69) is 28.1 Å². The molecule has 0 fully saturated rings. The minimum Gasteiger partial charge on any atom is -0.292 e. The number of rotatable bonds is 5. The van der Waals surface area contributed by atoms with E-state index in [0.717, 1.165) is 11.0 Å². The first-order chi connectivity index (χ1) is 9.97. The van der Waals surface area contributed by atoms with Gasteiger partial charge in [-0.25, -0.2) is 0 Å². The van der Waals surface area contributed by atoms with Crippen LogP contribution in [-0.4, -0.2) is 23.8 Å². The molecule has 0 aliphatic carbocycles. The number of Topliss-reactive ketones (excluding diaryl/α,β-unsaturated/α-hetero) is 1. The summed E-state index contributed by atoms with van der Waals surface area (Å²) in [5, 5.41) is 0.640. The molecular formula is C17H17BrClNO. The van der Waals surface area contributed by atoms with E-state index in [-0.39, 0.29) is 11.8 Å². The van der Waals surface area contributed by atoms with Crippen molar-refractivity contribution in [1.82, 2.24) is 4.90 Å². The minimum atomic E-state index is -0.190. The van der Waals surface area contributed by atoms with Crippen LogP contribution < -0.4 is 0 Å². The van der Waals surface area contributed by atoms with Gasteiger partial charge in [0.1, 0.15) is 0 Å². The third-order valence-corrected chi connectivity index (χ3v) is 4.24. The quantitative estimate of drug-likeness (QED) is 0.708. The van der Waals surface area contributed by atoms with E-state index in [1.807, 2.05) is 31.0 Å². The predicted octanol–water partition coefficient (Wildman–Crippen LogP) is 4.81. The SMILES string of the molecule is CC(C(=O)c1ccc(Cl)cc1)N(C)Cc1cccc(Br)c1. The minimum absolute atomic E-state index is 0.101. The summed E-state index contributed by atoms with van der Waals surface area (Å²) < 4.78 is 1.05. The molecule has 0 aromatic heterocycles. The first-order valence-electron chi connectivity index (χ1n) is 6.72. The molecule has 0 saturated carbocycles. The van der Waals surface area contributed by atoms with Gasteiger partial charge in [0.15, 0.2) is 5.78 Å². The third-order valence-electron chi connectivity index (χ3n) is 3.49. The molecule has 21 heavy (non-hydrogen) atoms. The van der Waals surface area contributed by atoms with Crippen molar-refractivity contribution in [3.05, 3.63) is 69.2 Å². The number of halogens is 2. The second kappa shape index (κ2) is 7.21. The average molecular weight is 367 g/mol. The van der Waals surface area contributed by atoms with Crippen LogP contribution >= 0.6 is 27.5 Å². The Hall–Kier alpha value is -1.16. The Labute approximate surface area is 138 Å². The molecule has 0 saturated heterocycles. The van der Waals surface area contributed by atoms with Gasteiger partial charge in [0.2, 0.25) is 0 Å². The first-order valence-corrected chi connectivity index (χ1v) is 7.89. The number of ketones is 1. The molecule has 4 heteroatoms. The molecule has 0 aliphatic heterocycles. The smallest absolute Gasteiger partial charge is 0.179 e. The summed E-state index contributed by atoms with van der Waals surface area (Å²) in [6, 6.07) is 15.0. The molecule has 0 radical (unpaired) electrons. The Bertz CT molecular complexity index is 627. The van der Waals surface area contributed by atoms with Crippen LogP contribution in [0.3, 0.4) is 0 Å². The fourth-order valence-electron chi connectivity index (χ4n) is 2.12. The topological polar surface area (TPSA) is 20.3 Å². The molecule has 2 rings (SSSR count). The van der Waals surface area contributed by atoms with Crippen molar-refractivity contribution in [2.24, 2.45) is 0 Å². The zero-order valence-electron chi connectivity index (χ0n) is 12.0. The van der Waals surface area contributed by atoms with Crippen molar-refractivity contribution in [2.45, 2.75) is 19.5 Å². The van der Waals surface area contributed by atoms with Crippen molar-refractivity contribution in [3.8, 4) is 0 Å². The highest BCUT2D eigenvalue weighted by Gasteiger charge is 2.19. The second-order valence-corrected chi connectivity index (χ2v) is 6.44. The van der Waals surface area contributed by atoms with Crippen molar-refractivity contribution < 1.29 is 4.79 Å². The molecule has 110 valence electrons. The van der Waals surface area contributed by atoms with Crippen LogP contribution in [0.2, 0.25) is 5.02 Å². The maximum atomic E-state index is 12.5. The lowest BCUT2D eigenvalue weighted by molar-refractivity contribution is 0.0862. The standard InChI is InChI=1S/C17H17BrClNO/c1-12(17(21)14-6-8-16(19)9-7-14)20(2)11-13-4-3-5-15(18)10-13/h3-10,12H,11H2,1-2H3. The lowest BCUT2D eigenvalue weighted by Gasteiger charge is -2.23. The maximum Gasteiger partial charge on any atom is 0.179 e. The van der Waals surface area contributed by atoms with Crippen molar-refractivity contribution in [2.75, 3.05) is 7.05 Å². The van der Waals surface area contributed by atoms with Gasteiger partial charge in [0, 0.05) is 21.6 Å². The van der Waals surface area contributed by atoms with Gasteiger partial charge in [-0.2, -0.15) is 0 Å². The Balaban J connectivity index is 2.06. The van der Waals surface area contributed by atoms with Gasteiger partial charge in [-0.1, -0.05) is 39.7 Å². The highest BCUT2D eigenvalue weighted by molar-refractivity contribution is 9.10. The number of carbonyl (C=O) groups is 1. The van der Waals surface area contributed by atoms with Gasteiger partial charge in [0.05, 0.1) is 6.04 Å². The summed E-state index contributed by atoms with van der Waals surface area (Å²) in [6.45, 7) is 2.65. The molecule has 0 heterocycles. The summed E-state index contributed by atoms with van der Waals surface area (Å²) in [5.41, 5.74) is 1.86. The van der Waals surface area contributed by atoms with Gasteiger partial charge in [0.25, 0.3) is 0 Å². The summed E-state index contributed by atoms with van der Waals surface area (Å²) in [6.07, 6.45) is 0. The number of carbonyl (C=O) groups excluding carboxylic acids is 1. The fraction of sp³-hybridized carbons (Fsp3) is 0.235. The van der Waals surface area contributed by atoms with E-state index in [4.69, 9.17) is 11.6 Å². The van der Waals surface area contributed by atoms with Crippen LogP contribution in [0.4, 0.5) is 0 Å².